The Balaban J connectivity index is 2.54. The molecule has 0 amide bonds. The Kier molecular flexibility index (Phi) is 3.76. The van der Waals surface area contributed by atoms with Gasteiger partial charge in [-0.25, -0.2) is 9.90 Å². The van der Waals surface area contributed by atoms with Crippen molar-refractivity contribution in [2.75, 3.05) is 0 Å². The third kappa shape index (κ3) is 2.55. The van der Waals surface area contributed by atoms with Gasteiger partial charge in [0.05, 0.1) is 5.56 Å². The molecule has 19 heavy (non-hydrogen) atoms. The summed E-state index contributed by atoms with van der Waals surface area (Å²) in [7, 11) is 0. The summed E-state index contributed by atoms with van der Waals surface area (Å²) in [4.78, 5) is 23.3. The van der Waals surface area contributed by atoms with E-state index in [4.69, 9.17) is 6.92 Å². The Morgan fingerprint density at radius 2 is 1.53 bits per heavy atom. The Bertz CT molecular complexity index is 615. The molecule has 0 bridgehead atoms. The van der Waals surface area contributed by atoms with E-state index < -0.39 is 5.97 Å². The molecule has 92 valence electrons. The summed E-state index contributed by atoms with van der Waals surface area (Å²) in [6.45, 7) is 5.44. The lowest BCUT2D eigenvalue weighted by Gasteiger charge is -2.09. The second kappa shape index (κ2) is 5.48. The molecule has 0 unspecified atom stereocenters. The summed E-state index contributed by atoms with van der Waals surface area (Å²) >= 11 is 0. The van der Waals surface area contributed by atoms with Gasteiger partial charge in [-0.05, 0) is 25.0 Å². The molecular formula is C16H10O3. The van der Waals surface area contributed by atoms with Gasteiger partial charge in [-0.2, -0.15) is 0 Å². The number of ketones is 1. The van der Waals surface area contributed by atoms with Crippen molar-refractivity contribution in [1.82, 2.24) is 0 Å². The van der Waals surface area contributed by atoms with Crippen molar-refractivity contribution >= 4 is 11.8 Å². The third-order valence-corrected chi connectivity index (χ3v) is 2.77. The molecule has 0 saturated heterocycles. The first kappa shape index (κ1) is 13.0. The zero-order valence-electron chi connectivity index (χ0n) is 10.00. The van der Waals surface area contributed by atoms with E-state index in [1.165, 1.54) is 12.1 Å². The molecule has 2 aromatic rings. The molecule has 0 saturated carbocycles. The van der Waals surface area contributed by atoms with Crippen LogP contribution in [0, 0.1) is 13.3 Å². The number of carbonyl (C=O) groups excluding carboxylic acids is 2. The molecule has 2 aromatic carbocycles. The minimum atomic E-state index is -1.36. The smallest absolute Gasteiger partial charge is 0.289 e. The number of carbonyl (C=O) groups is 2. The molecule has 0 aliphatic rings. The SMILES string of the molecule is [CH][CH]c1c(C([O])=O)cccc1C(=O)c1ccccc1. The van der Waals surface area contributed by atoms with Gasteiger partial charge < -0.3 is 0 Å². The molecule has 0 aliphatic heterocycles. The predicted octanol–water partition coefficient (Wildman–Crippen LogP) is 2.75. The molecule has 0 heterocycles. The largest absolute Gasteiger partial charge is 0.386 e. The zero-order valence-corrected chi connectivity index (χ0v) is 10.00. The van der Waals surface area contributed by atoms with Crippen LogP contribution < -0.4 is 0 Å². The topological polar surface area (TPSA) is 54.0 Å². The summed E-state index contributed by atoms with van der Waals surface area (Å²) in [5.41, 5.74) is 0.803. The molecular weight excluding hydrogens is 240 g/mol. The Morgan fingerprint density at radius 3 is 2.11 bits per heavy atom. The van der Waals surface area contributed by atoms with Crippen LogP contribution in [-0.2, 0) is 5.11 Å². The number of benzene rings is 2. The highest BCUT2D eigenvalue weighted by molar-refractivity contribution is 6.11. The highest BCUT2D eigenvalue weighted by atomic mass is 16.4. The fourth-order valence-electron chi connectivity index (χ4n) is 1.87. The van der Waals surface area contributed by atoms with Crippen LogP contribution in [0.4, 0.5) is 0 Å². The molecule has 0 spiro atoms. The van der Waals surface area contributed by atoms with Crippen molar-refractivity contribution in [3.05, 3.63) is 84.1 Å². The molecule has 0 aliphatic carbocycles. The van der Waals surface area contributed by atoms with Crippen LogP contribution in [0.5, 0.6) is 0 Å². The average molecular weight is 250 g/mol. The predicted molar refractivity (Wildman–Crippen MR) is 69.0 cm³/mol. The van der Waals surface area contributed by atoms with E-state index in [1.54, 1.807) is 36.4 Å². The van der Waals surface area contributed by atoms with Gasteiger partial charge in [-0.1, -0.05) is 42.5 Å². The fraction of sp³-hybridized carbons (Fsp3) is 0. The third-order valence-electron chi connectivity index (χ3n) is 2.77. The van der Waals surface area contributed by atoms with Gasteiger partial charge in [0.1, 0.15) is 0 Å². The molecule has 0 N–H and O–H groups in total. The number of hydrogen-bond donors (Lipinski definition) is 0. The number of rotatable bonds is 4. The van der Waals surface area contributed by atoms with Gasteiger partial charge in [-0.15, -0.1) is 0 Å². The van der Waals surface area contributed by atoms with Crippen LogP contribution in [0.15, 0.2) is 48.5 Å². The Labute approximate surface area is 111 Å². The van der Waals surface area contributed by atoms with Gasteiger partial charge in [0.15, 0.2) is 5.78 Å². The molecule has 0 atom stereocenters. The van der Waals surface area contributed by atoms with Crippen LogP contribution in [0.1, 0.15) is 31.8 Å². The van der Waals surface area contributed by atoms with E-state index in [0.29, 0.717) is 5.56 Å². The van der Waals surface area contributed by atoms with Crippen molar-refractivity contribution in [1.29, 1.82) is 0 Å². The Morgan fingerprint density at radius 1 is 0.895 bits per heavy atom. The first-order valence-electron chi connectivity index (χ1n) is 5.64. The van der Waals surface area contributed by atoms with Gasteiger partial charge in [-0.3, -0.25) is 4.79 Å². The minimum Gasteiger partial charge on any atom is -0.289 e. The second-order valence-electron chi connectivity index (χ2n) is 3.92. The van der Waals surface area contributed by atoms with E-state index in [1.807, 2.05) is 0 Å². The highest BCUT2D eigenvalue weighted by Gasteiger charge is 2.19. The second-order valence-corrected chi connectivity index (χ2v) is 3.92. The van der Waals surface area contributed by atoms with Gasteiger partial charge >= 0.3 is 5.97 Å². The van der Waals surface area contributed by atoms with Gasteiger partial charge in [0, 0.05) is 11.1 Å². The zero-order chi connectivity index (χ0) is 13.8. The molecule has 3 nitrogen and oxygen atoms in total. The van der Waals surface area contributed by atoms with E-state index in [2.05, 4.69) is 0 Å². The average Bonchev–Trinajstić information content (AvgIpc) is 2.46. The van der Waals surface area contributed by atoms with Crippen LogP contribution in [0.2, 0.25) is 0 Å². The fourth-order valence-corrected chi connectivity index (χ4v) is 1.87. The van der Waals surface area contributed by atoms with Crippen molar-refractivity contribution < 1.29 is 14.7 Å². The lowest BCUT2D eigenvalue weighted by molar-refractivity contribution is 0.0572. The summed E-state index contributed by atoms with van der Waals surface area (Å²) in [5.74, 6) is -1.64. The van der Waals surface area contributed by atoms with Crippen LogP contribution >= 0.6 is 0 Å². The molecule has 4 radical (unpaired) electrons. The van der Waals surface area contributed by atoms with Gasteiger partial charge in [0.2, 0.25) is 0 Å². The monoisotopic (exact) mass is 250 g/mol. The van der Waals surface area contributed by atoms with E-state index in [0.717, 1.165) is 6.42 Å². The van der Waals surface area contributed by atoms with Crippen molar-refractivity contribution in [2.45, 2.75) is 0 Å². The van der Waals surface area contributed by atoms with Crippen LogP contribution in [-0.4, -0.2) is 11.8 Å². The van der Waals surface area contributed by atoms with Gasteiger partial charge in [0.25, 0.3) is 0 Å². The summed E-state index contributed by atoms with van der Waals surface area (Å²) in [6, 6.07) is 13.0. The van der Waals surface area contributed by atoms with E-state index in [9.17, 15) is 14.7 Å². The van der Waals surface area contributed by atoms with Crippen molar-refractivity contribution in [3.8, 4) is 0 Å². The minimum absolute atomic E-state index is 0.0933. The van der Waals surface area contributed by atoms with Crippen LogP contribution in [0.25, 0.3) is 0 Å². The van der Waals surface area contributed by atoms with Crippen LogP contribution in [0.3, 0.4) is 0 Å². The number of hydrogen-bond acceptors (Lipinski definition) is 2. The first-order chi connectivity index (χ1) is 9.15. The van der Waals surface area contributed by atoms with Crippen molar-refractivity contribution in [3.63, 3.8) is 0 Å². The summed E-state index contributed by atoms with van der Waals surface area (Å²) in [5, 5.41) is 11.0. The maximum atomic E-state index is 12.3. The highest BCUT2D eigenvalue weighted by Crippen LogP contribution is 2.20. The maximum Gasteiger partial charge on any atom is 0.386 e. The Hall–Kier alpha value is -2.42. The first-order valence-corrected chi connectivity index (χ1v) is 5.64. The summed E-state index contributed by atoms with van der Waals surface area (Å²) < 4.78 is 0. The van der Waals surface area contributed by atoms with Crippen molar-refractivity contribution in [2.24, 2.45) is 0 Å². The lowest BCUT2D eigenvalue weighted by atomic mass is 9.93. The summed E-state index contributed by atoms with van der Waals surface area (Å²) in [6.07, 6.45) is 1.11. The van der Waals surface area contributed by atoms with E-state index in [-0.39, 0.29) is 22.5 Å². The molecule has 3 heteroatoms. The molecule has 0 fully saturated rings. The lowest BCUT2D eigenvalue weighted by Crippen LogP contribution is -2.09. The molecule has 0 aromatic heterocycles. The quantitative estimate of drug-likeness (QED) is 0.783. The standard InChI is InChI=1S/C16H10O3/c1-2-12-13(9-6-10-14(12)16(18)19)15(17)11-7-4-3-5-8-11/h1-10H. The maximum absolute atomic E-state index is 12.3. The normalized spacial score (nSPS) is 10.2. The van der Waals surface area contributed by atoms with E-state index >= 15 is 0 Å². The molecule has 2 rings (SSSR count).